The number of aliphatic imine (C=N–C) groups is 1. The molecule has 0 N–H and O–H groups in total. The lowest BCUT2D eigenvalue weighted by Gasteiger charge is -2.03. The van der Waals surface area contributed by atoms with Crippen molar-refractivity contribution in [2.45, 2.75) is 16.7 Å². The Morgan fingerprint density at radius 3 is 2.36 bits per heavy atom. The van der Waals surface area contributed by atoms with Gasteiger partial charge in [0, 0.05) is 15.4 Å². The van der Waals surface area contributed by atoms with E-state index < -0.39 is 0 Å². The van der Waals surface area contributed by atoms with E-state index in [0.29, 0.717) is 0 Å². The van der Waals surface area contributed by atoms with Crippen molar-refractivity contribution in [2.75, 3.05) is 0 Å². The average Bonchev–Trinajstić information content (AvgIpc) is 3.00. The number of nitrogens with zero attached hydrogens (tertiary/aromatic N) is 1. The first-order valence-electron chi connectivity index (χ1n) is 8.14. The fraction of sp³-hybridized carbons (Fsp3) is 0.0455. The third kappa shape index (κ3) is 3.73. The lowest BCUT2D eigenvalue weighted by molar-refractivity contribution is 1.43. The zero-order valence-corrected chi connectivity index (χ0v) is 15.5. The van der Waals surface area contributed by atoms with Gasteiger partial charge in [-0.3, -0.25) is 0 Å². The van der Waals surface area contributed by atoms with E-state index in [1.807, 2.05) is 6.07 Å². The summed E-state index contributed by atoms with van der Waals surface area (Å²) in [4.78, 5) is 7.41. The maximum Gasteiger partial charge on any atom is 0.110 e. The molecule has 25 heavy (non-hydrogen) atoms. The van der Waals surface area contributed by atoms with Crippen LogP contribution in [0.3, 0.4) is 0 Å². The molecule has 3 aromatic carbocycles. The Balaban J connectivity index is 1.72. The van der Waals surface area contributed by atoms with Gasteiger partial charge in [-0.05, 0) is 48.2 Å². The van der Waals surface area contributed by atoms with Crippen LogP contribution in [0.25, 0.3) is 5.57 Å². The minimum Gasteiger partial charge on any atom is -0.241 e. The van der Waals surface area contributed by atoms with Crippen LogP contribution >= 0.6 is 23.5 Å². The molecule has 0 aliphatic carbocycles. The van der Waals surface area contributed by atoms with Gasteiger partial charge < -0.3 is 0 Å². The van der Waals surface area contributed by atoms with Crippen LogP contribution in [0.15, 0.2) is 99.1 Å². The predicted octanol–water partition coefficient (Wildman–Crippen LogP) is 6.96. The van der Waals surface area contributed by atoms with Crippen LogP contribution in [0, 0.1) is 6.92 Å². The molecule has 0 saturated carbocycles. The van der Waals surface area contributed by atoms with E-state index in [-0.39, 0.29) is 0 Å². The van der Waals surface area contributed by atoms with E-state index in [9.17, 15) is 0 Å². The lowest BCUT2D eigenvalue weighted by Crippen LogP contribution is -1.88. The summed E-state index contributed by atoms with van der Waals surface area (Å²) < 4.78 is 0. The lowest BCUT2D eigenvalue weighted by atomic mass is 10.1. The number of hydrogen-bond acceptors (Lipinski definition) is 3. The average molecular weight is 360 g/mol. The van der Waals surface area contributed by atoms with E-state index in [1.165, 1.54) is 26.5 Å². The van der Waals surface area contributed by atoms with Gasteiger partial charge >= 0.3 is 0 Å². The molecule has 1 nitrogen and oxygen atoms in total. The van der Waals surface area contributed by atoms with E-state index in [2.05, 4.69) is 85.1 Å². The van der Waals surface area contributed by atoms with Crippen LogP contribution in [0.4, 0.5) is 5.69 Å². The van der Waals surface area contributed by atoms with Gasteiger partial charge in [0.1, 0.15) is 5.04 Å². The highest BCUT2D eigenvalue weighted by Crippen LogP contribution is 2.43. The van der Waals surface area contributed by atoms with E-state index >= 15 is 0 Å². The van der Waals surface area contributed by atoms with Crippen molar-refractivity contribution in [1.82, 2.24) is 0 Å². The summed E-state index contributed by atoms with van der Waals surface area (Å²) in [5.41, 5.74) is 4.72. The van der Waals surface area contributed by atoms with Crippen molar-refractivity contribution in [1.29, 1.82) is 0 Å². The van der Waals surface area contributed by atoms with Crippen LogP contribution in [-0.2, 0) is 0 Å². The second kappa shape index (κ2) is 7.34. The molecule has 4 rings (SSSR count). The Morgan fingerprint density at radius 2 is 1.56 bits per heavy atom. The van der Waals surface area contributed by atoms with Crippen LogP contribution in [0.1, 0.15) is 11.1 Å². The van der Waals surface area contributed by atoms with Crippen LogP contribution < -0.4 is 0 Å². The van der Waals surface area contributed by atoms with Gasteiger partial charge in [-0.1, -0.05) is 77.6 Å². The summed E-state index contributed by atoms with van der Waals surface area (Å²) in [5, 5.41) is 3.29. The number of rotatable bonds is 3. The summed E-state index contributed by atoms with van der Waals surface area (Å²) in [5.74, 6) is 0. The van der Waals surface area contributed by atoms with Crippen molar-refractivity contribution in [3.8, 4) is 0 Å². The summed E-state index contributed by atoms with van der Waals surface area (Å²) in [6.07, 6.45) is 0. The molecule has 0 fully saturated rings. The molecule has 3 heteroatoms. The molecule has 0 atom stereocenters. The first-order valence-corrected chi connectivity index (χ1v) is 9.84. The largest absolute Gasteiger partial charge is 0.241 e. The Morgan fingerprint density at radius 1 is 0.840 bits per heavy atom. The van der Waals surface area contributed by atoms with E-state index in [0.717, 1.165) is 10.7 Å². The maximum absolute atomic E-state index is 4.91. The first-order chi connectivity index (χ1) is 12.3. The number of aryl methyl sites for hydroxylation is 1. The number of thioether (sulfide) groups is 2. The van der Waals surface area contributed by atoms with Crippen molar-refractivity contribution in [2.24, 2.45) is 4.99 Å². The Labute approximate surface area is 156 Å². The molecule has 1 aliphatic heterocycles. The molecule has 0 unspecified atom stereocenters. The smallest absolute Gasteiger partial charge is 0.110 e. The quantitative estimate of drug-likeness (QED) is 0.468. The van der Waals surface area contributed by atoms with Crippen LogP contribution in [0.5, 0.6) is 0 Å². The van der Waals surface area contributed by atoms with Crippen molar-refractivity contribution in [3.63, 3.8) is 0 Å². The first kappa shape index (κ1) is 16.2. The minimum absolute atomic E-state index is 0.997. The summed E-state index contributed by atoms with van der Waals surface area (Å²) in [6, 6.07) is 27.3. The second-order valence-electron chi connectivity index (χ2n) is 5.81. The highest BCUT2D eigenvalue weighted by molar-refractivity contribution is 8.16. The molecule has 3 aromatic rings. The molecule has 0 radical (unpaired) electrons. The molecule has 0 spiro atoms. The van der Waals surface area contributed by atoms with Gasteiger partial charge in [0.15, 0.2) is 0 Å². The van der Waals surface area contributed by atoms with Crippen molar-refractivity contribution >= 4 is 39.8 Å². The Hall–Kier alpha value is -2.23. The summed E-state index contributed by atoms with van der Waals surface area (Å²) in [6.45, 7) is 2.10. The van der Waals surface area contributed by atoms with E-state index in [4.69, 9.17) is 4.99 Å². The zero-order chi connectivity index (χ0) is 17.1. The Kier molecular flexibility index (Phi) is 4.77. The molecule has 0 amide bonds. The van der Waals surface area contributed by atoms with Gasteiger partial charge in [-0.15, -0.1) is 0 Å². The minimum atomic E-state index is 0.997. The third-order valence-corrected chi connectivity index (χ3v) is 5.91. The van der Waals surface area contributed by atoms with Crippen LogP contribution in [0.2, 0.25) is 0 Å². The van der Waals surface area contributed by atoms with Gasteiger partial charge in [0.05, 0.1) is 5.69 Å². The predicted molar refractivity (Wildman–Crippen MR) is 111 cm³/mol. The molecule has 0 aromatic heterocycles. The second-order valence-corrected chi connectivity index (χ2v) is 7.79. The fourth-order valence-corrected chi connectivity index (χ4v) is 4.57. The number of hydrogen-bond donors (Lipinski definition) is 0. The van der Waals surface area contributed by atoms with Gasteiger partial charge in [0.25, 0.3) is 0 Å². The molecule has 122 valence electrons. The monoisotopic (exact) mass is 359 g/mol. The zero-order valence-electron chi connectivity index (χ0n) is 13.8. The van der Waals surface area contributed by atoms with Gasteiger partial charge in [0.2, 0.25) is 0 Å². The highest BCUT2D eigenvalue weighted by atomic mass is 32.2. The number of benzene rings is 3. The van der Waals surface area contributed by atoms with Gasteiger partial charge in [-0.25, -0.2) is 4.99 Å². The Bertz CT molecular complexity index is 941. The molecule has 0 bridgehead atoms. The standard InChI is InChI=1S/C22H17NS2/c1-16-11-13-17(14-12-16)23-22-20(15-24-18-7-3-2-4-8-18)19-9-5-6-10-21(19)25-22/h2-15H,1H3. The topological polar surface area (TPSA) is 12.4 Å². The molecule has 1 heterocycles. The molecule has 0 saturated heterocycles. The fourth-order valence-electron chi connectivity index (χ4n) is 2.61. The molecular formula is C22H17NS2. The number of fused-ring (bicyclic) bond motifs is 1. The summed E-state index contributed by atoms with van der Waals surface area (Å²) >= 11 is 3.49. The van der Waals surface area contributed by atoms with E-state index in [1.54, 1.807) is 23.5 Å². The van der Waals surface area contributed by atoms with Crippen molar-refractivity contribution < 1.29 is 0 Å². The highest BCUT2D eigenvalue weighted by Gasteiger charge is 2.23. The van der Waals surface area contributed by atoms with Gasteiger partial charge in [-0.2, -0.15) is 0 Å². The third-order valence-electron chi connectivity index (χ3n) is 3.93. The molecular weight excluding hydrogens is 342 g/mol. The summed E-state index contributed by atoms with van der Waals surface area (Å²) in [7, 11) is 0. The SMILES string of the molecule is Cc1ccc(N=C2Sc3ccccc3C2=CSc2ccccc2)cc1. The normalized spacial score (nSPS) is 16.4. The van der Waals surface area contributed by atoms with Crippen LogP contribution in [-0.4, -0.2) is 5.04 Å². The maximum atomic E-state index is 4.91. The van der Waals surface area contributed by atoms with Crippen molar-refractivity contribution in [3.05, 3.63) is 95.4 Å². The molecule has 1 aliphatic rings.